The zero-order chi connectivity index (χ0) is 20.9. The maximum atomic E-state index is 10.3. The van der Waals surface area contributed by atoms with E-state index in [1.54, 1.807) is 0 Å². The minimum atomic E-state index is -2.34. The molecular formula is C17H32O11. The summed E-state index contributed by atoms with van der Waals surface area (Å²) >= 11 is 0. The highest BCUT2D eigenvalue weighted by atomic mass is 16.7. The zero-order valence-electron chi connectivity index (χ0n) is 15.8. The quantitative estimate of drug-likeness (QED) is 0.180. The lowest BCUT2D eigenvalue weighted by Crippen LogP contribution is -2.60. The summed E-state index contributed by atoms with van der Waals surface area (Å²) in [7, 11) is 0. The molecule has 0 bridgehead atoms. The van der Waals surface area contributed by atoms with Gasteiger partial charge in [0.1, 0.15) is 49.3 Å². The summed E-state index contributed by atoms with van der Waals surface area (Å²) in [6, 6.07) is 0. The second kappa shape index (κ2) is 10.5. The summed E-state index contributed by atoms with van der Waals surface area (Å²) in [5.74, 6) is -2.34. The first kappa shape index (κ1) is 23.8. The fraction of sp³-hybridized carbons (Fsp3) is 1.00. The van der Waals surface area contributed by atoms with Crippen molar-refractivity contribution in [3.63, 3.8) is 0 Å². The SMILES string of the molecule is CCCCCOC[C@H]1O[C@H](OC[C@@]2(O)O[C@H](CO)[C@@H](O)[C@@H]2O)[C@H](O)[C@@H](O)[C@@H]1O. The molecule has 166 valence electrons. The first-order valence-electron chi connectivity index (χ1n) is 9.51. The molecule has 0 aliphatic carbocycles. The Morgan fingerprint density at radius 3 is 2.25 bits per heavy atom. The molecule has 2 heterocycles. The third-order valence-electron chi connectivity index (χ3n) is 5.00. The highest BCUT2D eigenvalue weighted by Crippen LogP contribution is 2.31. The van der Waals surface area contributed by atoms with Crippen LogP contribution in [0.1, 0.15) is 26.2 Å². The standard InChI is InChI=1S/C17H32O11/c1-2-3-4-5-25-7-10-11(19)13(21)14(22)16(27-10)26-8-17(24)15(23)12(20)9(6-18)28-17/h9-16,18-24H,2-8H2,1H3/t9-,10-,11-,12-,13+,14-,15+,16+,17-/m1/s1. The minimum absolute atomic E-state index is 0.0385. The van der Waals surface area contributed by atoms with Crippen molar-refractivity contribution >= 4 is 0 Å². The second-order valence-electron chi connectivity index (χ2n) is 7.23. The summed E-state index contributed by atoms with van der Waals surface area (Å²) in [5.41, 5.74) is 0. The molecule has 0 saturated carbocycles. The number of aliphatic hydroxyl groups excluding tert-OH is 6. The molecule has 0 unspecified atom stereocenters. The number of unbranched alkanes of at least 4 members (excludes halogenated alkanes) is 2. The van der Waals surface area contributed by atoms with Crippen molar-refractivity contribution in [1.29, 1.82) is 0 Å². The maximum absolute atomic E-state index is 10.3. The van der Waals surface area contributed by atoms with Crippen molar-refractivity contribution in [1.82, 2.24) is 0 Å². The van der Waals surface area contributed by atoms with Gasteiger partial charge in [-0.05, 0) is 6.42 Å². The van der Waals surface area contributed by atoms with E-state index in [4.69, 9.17) is 24.1 Å². The van der Waals surface area contributed by atoms with E-state index in [0.29, 0.717) is 6.61 Å². The van der Waals surface area contributed by atoms with E-state index in [2.05, 4.69) is 0 Å². The van der Waals surface area contributed by atoms with Crippen LogP contribution in [-0.2, 0) is 18.9 Å². The molecule has 2 rings (SSSR count). The lowest BCUT2D eigenvalue weighted by molar-refractivity contribution is -0.333. The summed E-state index contributed by atoms with van der Waals surface area (Å²) in [5, 5.41) is 69.2. The highest BCUT2D eigenvalue weighted by Gasteiger charge is 2.54. The molecule has 11 nitrogen and oxygen atoms in total. The topological polar surface area (TPSA) is 179 Å². The summed E-state index contributed by atoms with van der Waals surface area (Å²) in [6.07, 6.45) is -8.71. The van der Waals surface area contributed by atoms with Gasteiger partial charge in [-0.1, -0.05) is 19.8 Å². The van der Waals surface area contributed by atoms with Crippen LogP contribution in [0.15, 0.2) is 0 Å². The van der Waals surface area contributed by atoms with Crippen molar-refractivity contribution in [2.45, 2.75) is 81.0 Å². The highest BCUT2D eigenvalue weighted by molar-refractivity contribution is 4.96. The minimum Gasteiger partial charge on any atom is -0.394 e. The Morgan fingerprint density at radius 1 is 0.929 bits per heavy atom. The van der Waals surface area contributed by atoms with Crippen LogP contribution in [0.4, 0.5) is 0 Å². The molecule has 2 aliphatic heterocycles. The molecule has 0 aromatic rings. The molecule has 0 aromatic carbocycles. The predicted octanol–water partition coefficient (Wildman–Crippen LogP) is -3.18. The van der Waals surface area contributed by atoms with Gasteiger partial charge in [-0.3, -0.25) is 0 Å². The van der Waals surface area contributed by atoms with Crippen LogP contribution in [0.2, 0.25) is 0 Å². The summed E-state index contributed by atoms with van der Waals surface area (Å²) < 4.78 is 21.2. The van der Waals surface area contributed by atoms with Gasteiger partial charge < -0.3 is 54.7 Å². The van der Waals surface area contributed by atoms with E-state index in [9.17, 15) is 30.6 Å². The Balaban J connectivity index is 1.90. The largest absolute Gasteiger partial charge is 0.394 e. The maximum Gasteiger partial charge on any atom is 0.219 e. The number of hydrogen-bond acceptors (Lipinski definition) is 11. The summed E-state index contributed by atoms with van der Waals surface area (Å²) in [6.45, 7) is 1.10. The monoisotopic (exact) mass is 412 g/mol. The third kappa shape index (κ3) is 5.37. The van der Waals surface area contributed by atoms with Gasteiger partial charge in [-0.15, -0.1) is 0 Å². The van der Waals surface area contributed by atoms with Gasteiger partial charge in [-0.2, -0.15) is 0 Å². The smallest absolute Gasteiger partial charge is 0.219 e. The van der Waals surface area contributed by atoms with Crippen LogP contribution in [0, 0.1) is 0 Å². The Bertz CT molecular complexity index is 466. The number of rotatable bonds is 10. The fourth-order valence-electron chi connectivity index (χ4n) is 3.18. The molecule has 7 N–H and O–H groups in total. The Kier molecular flexibility index (Phi) is 8.98. The Hall–Kier alpha value is -0.440. The lowest BCUT2D eigenvalue weighted by atomic mass is 9.99. The summed E-state index contributed by atoms with van der Waals surface area (Å²) in [4.78, 5) is 0. The van der Waals surface area contributed by atoms with Crippen LogP contribution in [0.5, 0.6) is 0 Å². The van der Waals surface area contributed by atoms with E-state index in [1.807, 2.05) is 6.92 Å². The first-order chi connectivity index (χ1) is 13.2. The molecule has 2 fully saturated rings. The van der Waals surface area contributed by atoms with Gasteiger partial charge in [0.05, 0.1) is 13.2 Å². The third-order valence-corrected chi connectivity index (χ3v) is 5.00. The molecule has 0 radical (unpaired) electrons. The molecule has 9 atom stereocenters. The molecule has 0 aromatic heterocycles. The van der Waals surface area contributed by atoms with Gasteiger partial charge in [0.25, 0.3) is 0 Å². The van der Waals surface area contributed by atoms with Crippen LogP contribution >= 0.6 is 0 Å². The average Bonchev–Trinajstić information content (AvgIpc) is 2.90. The van der Waals surface area contributed by atoms with Crippen molar-refractivity contribution in [2.75, 3.05) is 26.4 Å². The molecule has 0 spiro atoms. The zero-order valence-corrected chi connectivity index (χ0v) is 15.8. The van der Waals surface area contributed by atoms with E-state index >= 15 is 0 Å². The van der Waals surface area contributed by atoms with E-state index < -0.39 is 68.0 Å². The Morgan fingerprint density at radius 2 is 1.64 bits per heavy atom. The van der Waals surface area contributed by atoms with Crippen molar-refractivity contribution < 1.29 is 54.7 Å². The van der Waals surface area contributed by atoms with Crippen LogP contribution in [0.3, 0.4) is 0 Å². The molecular weight excluding hydrogens is 380 g/mol. The van der Waals surface area contributed by atoms with Gasteiger partial charge in [-0.25, -0.2) is 0 Å². The van der Waals surface area contributed by atoms with Crippen LogP contribution in [0.25, 0.3) is 0 Å². The fourth-order valence-corrected chi connectivity index (χ4v) is 3.18. The first-order valence-corrected chi connectivity index (χ1v) is 9.51. The van der Waals surface area contributed by atoms with Crippen molar-refractivity contribution in [3.05, 3.63) is 0 Å². The van der Waals surface area contributed by atoms with E-state index in [0.717, 1.165) is 19.3 Å². The predicted molar refractivity (Wildman–Crippen MR) is 91.9 cm³/mol. The van der Waals surface area contributed by atoms with Crippen molar-refractivity contribution in [2.24, 2.45) is 0 Å². The van der Waals surface area contributed by atoms with Gasteiger partial charge in [0.15, 0.2) is 6.29 Å². The normalized spacial score (nSPS) is 44.1. The van der Waals surface area contributed by atoms with Crippen molar-refractivity contribution in [3.8, 4) is 0 Å². The van der Waals surface area contributed by atoms with Gasteiger partial charge in [0.2, 0.25) is 5.79 Å². The van der Waals surface area contributed by atoms with Gasteiger partial charge >= 0.3 is 0 Å². The van der Waals surface area contributed by atoms with E-state index in [-0.39, 0.29) is 6.61 Å². The second-order valence-corrected chi connectivity index (χ2v) is 7.23. The van der Waals surface area contributed by atoms with Gasteiger partial charge in [0, 0.05) is 6.61 Å². The lowest BCUT2D eigenvalue weighted by Gasteiger charge is -2.41. The molecule has 2 saturated heterocycles. The van der Waals surface area contributed by atoms with E-state index in [1.165, 1.54) is 0 Å². The molecule has 0 amide bonds. The van der Waals surface area contributed by atoms with Crippen LogP contribution in [-0.4, -0.2) is 117 Å². The number of hydrogen-bond donors (Lipinski definition) is 7. The number of ether oxygens (including phenoxy) is 4. The average molecular weight is 412 g/mol. The van der Waals surface area contributed by atoms with Crippen LogP contribution < -0.4 is 0 Å². The molecule has 2 aliphatic rings. The molecule has 11 heteroatoms. The molecule has 28 heavy (non-hydrogen) atoms. The number of aliphatic hydroxyl groups is 7. The Labute approximate surface area is 163 Å².